The van der Waals surface area contributed by atoms with Gasteiger partial charge in [0, 0.05) is 11.8 Å². The molecule has 3 heteroatoms. The normalized spacial score (nSPS) is 33.2. The minimum Gasteiger partial charge on any atom is -0.362 e. The first-order valence-electron chi connectivity index (χ1n) is 6.98. The second-order valence-electron chi connectivity index (χ2n) is 6.49. The van der Waals surface area contributed by atoms with Crippen LogP contribution in [0.15, 0.2) is 4.99 Å². The van der Waals surface area contributed by atoms with Crippen molar-refractivity contribution in [1.82, 2.24) is 5.32 Å². The van der Waals surface area contributed by atoms with E-state index in [9.17, 15) is 0 Å². The largest absolute Gasteiger partial charge is 0.362 e. The number of rotatable bonds is 3. The molecule has 0 aromatic carbocycles. The van der Waals surface area contributed by atoms with Crippen molar-refractivity contribution in [2.24, 2.45) is 16.3 Å². The maximum atomic E-state index is 4.90. The zero-order chi connectivity index (χ0) is 12.5. The molecule has 1 heterocycles. The molecule has 2 nitrogen and oxygen atoms in total. The average Bonchev–Trinajstić information content (AvgIpc) is 2.96. The molecule has 1 aliphatic heterocycles. The average molecular weight is 254 g/mol. The molecule has 2 rings (SSSR count). The van der Waals surface area contributed by atoms with Crippen molar-refractivity contribution >= 4 is 16.9 Å². The third-order valence-corrected chi connectivity index (χ3v) is 4.73. The predicted molar refractivity (Wildman–Crippen MR) is 77.7 cm³/mol. The summed E-state index contributed by atoms with van der Waals surface area (Å²) >= 11 is 1.91. The highest BCUT2D eigenvalue weighted by Crippen LogP contribution is 2.36. The van der Waals surface area contributed by atoms with E-state index in [1.54, 1.807) is 0 Å². The third kappa shape index (κ3) is 3.64. The Morgan fingerprint density at radius 2 is 2.18 bits per heavy atom. The lowest BCUT2D eigenvalue weighted by molar-refractivity contribution is 0.315. The number of hydrogen-bond donors (Lipinski definition) is 1. The summed E-state index contributed by atoms with van der Waals surface area (Å²) in [5.74, 6) is 2.14. The van der Waals surface area contributed by atoms with Gasteiger partial charge in [-0.3, -0.25) is 4.99 Å². The summed E-state index contributed by atoms with van der Waals surface area (Å²) in [6.07, 6.45) is 5.27. The molecule has 2 aliphatic rings. The van der Waals surface area contributed by atoms with Crippen molar-refractivity contribution in [1.29, 1.82) is 0 Å². The summed E-state index contributed by atoms with van der Waals surface area (Å²) in [4.78, 5) is 4.90. The first kappa shape index (κ1) is 13.3. The summed E-state index contributed by atoms with van der Waals surface area (Å²) < 4.78 is 0. The molecule has 0 saturated heterocycles. The zero-order valence-electron chi connectivity index (χ0n) is 11.6. The minimum absolute atomic E-state index is 0.306. The molecule has 0 aromatic rings. The molecule has 0 aromatic heterocycles. The number of thioether (sulfide) groups is 1. The fraction of sp³-hybridized carbons (Fsp3) is 0.929. The predicted octanol–water partition coefficient (Wildman–Crippen LogP) is 3.67. The topological polar surface area (TPSA) is 24.4 Å². The molecule has 3 atom stereocenters. The van der Waals surface area contributed by atoms with Gasteiger partial charge < -0.3 is 5.32 Å². The molecular weight excluding hydrogens is 228 g/mol. The van der Waals surface area contributed by atoms with E-state index in [0.717, 1.165) is 12.0 Å². The van der Waals surface area contributed by atoms with Gasteiger partial charge in [-0.15, -0.1) is 0 Å². The van der Waals surface area contributed by atoms with Crippen LogP contribution >= 0.6 is 11.8 Å². The molecular formula is C14H26N2S. The Hall–Kier alpha value is -0.180. The quantitative estimate of drug-likeness (QED) is 0.831. The second-order valence-corrected chi connectivity index (χ2v) is 7.57. The maximum absolute atomic E-state index is 4.90. The SMILES string of the molecule is CCCC1CC1NC1=NC(C(C)(C)C)CCS1. The first-order chi connectivity index (χ1) is 8.00. The highest BCUT2D eigenvalue weighted by molar-refractivity contribution is 8.13. The smallest absolute Gasteiger partial charge is 0.157 e. The van der Waals surface area contributed by atoms with Crippen molar-refractivity contribution in [3.8, 4) is 0 Å². The molecule has 98 valence electrons. The Kier molecular flexibility index (Phi) is 4.06. The molecule has 1 fully saturated rings. The number of aliphatic imine (C=N–C) groups is 1. The summed E-state index contributed by atoms with van der Waals surface area (Å²) in [6, 6.07) is 1.22. The Bertz CT molecular complexity index is 293. The molecule has 1 saturated carbocycles. The van der Waals surface area contributed by atoms with Crippen molar-refractivity contribution in [2.45, 2.75) is 65.5 Å². The van der Waals surface area contributed by atoms with Crippen molar-refractivity contribution in [3.63, 3.8) is 0 Å². The second kappa shape index (κ2) is 5.21. The molecule has 3 unspecified atom stereocenters. The van der Waals surface area contributed by atoms with Crippen LogP contribution in [0.5, 0.6) is 0 Å². The third-order valence-electron chi connectivity index (χ3n) is 3.79. The highest BCUT2D eigenvalue weighted by Gasteiger charge is 2.37. The van der Waals surface area contributed by atoms with E-state index in [4.69, 9.17) is 4.99 Å². The summed E-state index contributed by atoms with van der Waals surface area (Å²) in [5, 5.41) is 4.85. The Morgan fingerprint density at radius 3 is 2.82 bits per heavy atom. The van der Waals surface area contributed by atoms with Crippen LogP contribution in [0, 0.1) is 11.3 Å². The fourth-order valence-corrected chi connectivity index (χ4v) is 3.46. The van der Waals surface area contributed by atoms with Crippen LogP contribution < -0.4 is 5.32 Å². The van der Waals surface area contributed by atoms with Gasteiger partial charge in [-0.2, -0.15) is 0 Å². The molecule has 0 amide bonds. The van der Waals surface area contributed by atoms with E-state index in [1.165, 1.54) is 36.6 Å². The van der Waals surface area contributed by atoms with Crippen LogP contribution in [0.1, 0.15) is 53.4 Å². The van der Waals surface area contributed by atoms with Crippen LogP contribution in [0.4, 0.5) is 0 Å². The van der Waals surface area contributed by atoms with Gasteiger partial charge >= 0.3 is 0 Å². The lowest BCUT2D eigenvalue weighted by atomic mass is 9.85. The van der Waals surface area contributed by atoms with Crippen LogP contribution in [-0.4, -0.2) is 23.0 Å². The zero-order valence-corrected chi connectivity index (χ0v) is 12.4. The van der Waals surface area contributed by atoms with Gasteiger partial charge in [0.1, 0.15) is 0 Å². The van der Waals surface area contributed by atoms with E-state index in [-0.39, 0.29) is 0 Å². The van der Waals surface area contributed by atoms with Crippen molar-refractivity contribution < 1.29 is 0 Å². The van der Waals surface area contributed by atoms with Crippen LogP contribution in [0.25, 0.3) is 0 Å². The van der Waals surface area contributed by atoms with Gasteiger partial charge in [-0.1, -0.05) is 45.9 Å². The number of nitrogens with one attached hydrogen (secondary N) is 1. The molecule has 1 aliphatic carbocycles. The molecule has 0 spiro atoms. The van der Waals surface area contributed by atoms with Gasteiger partial charge in [0.2, 0.25) is 0 Å². The van der Waals surface area contributed by atoms with Gasteiger partial charge in [-0.05, 0) is 30.6 Å². The van der Waals surface area contributed by atoms with Crippen LogP contribution in [-0.2, 0) is 0 Å². The molecule has 1 N–H and O–H groups in total. The lowest BCUT2D eigenvalue weighted by Crippen LogP contribution is -2.34. The minimum atomic E-state index is 0.306. The van der Waals surface area contributed by atoms with Crippen molar-refractivity contribution in [3.05, 3.63) is 0 Å². The molecule has 0 radical (unpaired) electrons. The van der Waals surface area contributed by atoms with E-state index in [0.29, 0.717) is 11.5 Å². The van der Waals surface area contributed by atoms with Gasteiger partial charge in [0.05, 0.1) is 6.04 Å². The van der Waals surface area contributed by atoms with Gasteiger partial charge in [0.15, 0.2) is 5.17 Å². The highest BCUT2D eigenvalue weighted by atomic mass is 32.2. The van der Waals surface area contributed by atoms with Crippen LogP contribution in [0.2, 0.25) is 0 Å². The van der Waals surface area contributed by atoms with E-state index in [1.807, 2.05) is 11.8 Å². The Morgan fingerprint density at radius 1 is 1.41 bits per heavy atom. The van der Waals surface area contributed by atoms with Gasteiger partial charge in [0.25, 0.3) is 0 Å². The van der Waals surface area contributed by atoms with Gasteiger partial charge in [-0.25, -0.2) is 0 Å². The van der Waals surface area contributed by atoms with Crippen molar-refractivity contribution in [2.75, 3.05) is 5.75 Å². The van der Waals surface area contributed by atoms with Crippen LogP contribution in [0.3, 0.4) is 0 Å². The number of amidine groups is 1. The monoisotopic (exact) mass is 254 g/mol. The number of nitrogens with zero attached hydrogens (tertiary/aromatic N) is 1. The lowest BCUT2D eigenvalue weighted by Gasteiger charge is -2.31. The van der Waals surface area contributed by atoms with E-state index in [2.05, 4.69) is 33.0 Å². The standard InChI is InChI=1S/C14H26N2S/c1-5-6-10-9-11(10)15-13-16-12(7-8-17-13)14(2,3)4/h10-12H,5-9H2,1-4H3,(H,15,16). The summed E-state index contributed by atoms with van der Waals surface area (Å²) in [5.41, 5.74) is 0.306. The summed E-state index contributed by atoms with van der Waals surface area (Å²) in [7, 11) is 0. The molecule has 0 bridgehead atoms. The number of hydrogen-bond acceptors (Lipinski definition) is 3. The molecule has 17 heavy (non-hydrogen) atoms. The van der Waals surface area contributed by atoms with E-state index < -0.39 is 0 Å². The first-order valence-corrected chi connectivity index (χ1v) is 7.96. The van der Waals surface area contributed by atoms with E-state index >= 15 is 0 Å². The Labute approximate surface area is 110 Å². The Balaban J connectivity index is 1.87. The maximum Gasteiger partial charge on any atom is 0.157 e. The fourth-order valence-electron chi connectivity index (χ4n) is 2.49. The summed E-state index contributed by atoms with van der Waals surface area (Å²) in [6.45, 7) is 9.17.